The number of imide groups is 1. The Kier molecular flexibility index (Phi) is 8.57. The first-order valence-electron chi connectivity index (χ1n) is 11.8. The molecule has 0 saturated carbocycles. The molecule has 198 valence electrons. The number of nitrogens with zero attached hydrogens (tertiary/aromatic N) is 2. The Morgan fingerprint density at radius 3 is 2.46 bits per heavy atom. The molecule has 0 unspecified atom stereocenters. The summed E-state index contributed by atoms with van der Waals surface area (Å²) in [6.07, 6.45) is 3.77. The number of hydrogen-bond donors (Lipinski definition) is 0. The molecule has 4 rings (SSSR count). The SMILES string of the molecule is C=CCc1cc(/C=C2\SC(=O)N(CC(=O)c3ccc([N+](=O)[O-])cc3)C2=O)cc(OC)c1OCc1ccccc1. The summed E-state index contributed by atoms with van der Waals surface area (Å²) in [7, 11) is 1.52. The Bertz CT molecular complexity index is 1470. The predicted molar refractivity (Wildman–Crippen MR) is 148 cm³/mol. The minimum atomic E-state index is -0.603. The van der Waals surface area contributed by atoms with Gasteiger partial charge in [-0.3, -0.25) is 29.4 Å². The van der Waals surface area contributed by atoms with E-state index < -0.39 is 28.4 Å². The van der Waals surface area contributed by atoms with Crippen molar-refractivity contribution in [2.45, 2.75) is 13.0 Å². The van der Waals surface area contributed by atoms with Gasteiger partial charge in [-0.2, -0.15) is 0 Å². The van der Waals surface area contributed by atoms with Crippen LogP contribution in [0.1, 0.15) is 27.0 Å². The minimum Gasteiger partial charge on any atom is -0.493 e. The summed E-state index contributed by atoms with van der Waals surface area (Å²) in [6.45, 7) is 3.68. The van der Waals surface area contributed by atoms with Gasteiger partial charge in [0.2, 0.25) is 0 Å². The van der Waals surface area contributed by atoms with Crippen molar-refractivity contribution < 1.29 is 28.8 Å². The van der Waals surface area contributed by atoms with E-state index in [9.17, 15) is 24.5 Å². The van der Waals surface area contributed by atoms with E-state index in [0.717, 1.165) is 27.8 Å². The van der Waals surface area contributed by atoms with Crippen LogP contribution in [0.15, 0.2) is 84.3 Å². The average molecular weight is 545 g/mol. The van der Waals surface area contributed by atoms with Crippen molar-refractivity contribution in [1.82, 2.24) is 4.90 Å². The van der Waals surface area contributed by atoms with E-state index in [2.05, 4.69) is 6.58 Å². The number of amides is 2. The number of rotatable bonds is 11. The van der Waals surface area contributed by atoms with E-state index in [-0.39, 0.29) is 16.2 Å². The molecule has 1 aliphatic rings. The number of carbonyl (C=O) groups excluding carboxylic acids is 3. The number of nitro benzene ring substituents is 1. The molecule has 0 aromatic heterocycles. The number of Topliss-reactive ketones (excluding diaryl/α,β-unsaturated/α-hetero) is 1. The second-order valence-electron chi connectivity index (χ2n) is 8.47. The van der Waals surface area contributed by atoms with Gasteiger partial charge in [-0.25, -0.2) is 0 Å². The van der Waals surface area contributed by atoms with Crippen LogP contribution < -0.4 is 9.47 Å². The summed E-state index contributed by atoms with van der Waals surface area (Å²) >= 11 is 0.729. The van der Waals surface area contributed by atoms with Crippen molar-refractivity contribution in [3.63, 3.8) is 0 Å². The van der Waals surface area contributed by atoms with E-state index in [4.69, 9.17) is 9.47 Å². The number of carbonyl (C=O) groups is 3. The van der Waals surface area contributed by atoms with Crippen molar-refractivity contribution in [3.05, 3.63) is 117 Å². The molecule has 0 spiro atoms. The fourth-order valence-corrected chi connectivity index (χ4v) is 4.75. The maximum atomic E-state index is 13.0. The van der Waals surface area contributed by atoms with Crippen LogP contribution in [0.5, 0.6) is 11.5 Å². The molecular weight excluding hydrogens is 520 g/mol. The molecule has 10 heteroatoms. The van der Waals surface area contributed by atoms with Gasteiger partial charge >= 0.3 is 0 Å². The lowest BCUT2D eigenvalue weighted by Gasteiger charge is -2.16. The number of thioether (sulfide) groups is 1. The number of benzene rings is 3. The number of methoxy groups -OCH3 is 1. The highest BCUT2D eigenvalue weighted by atomic mass is 32.2. The molecule has 9 nitrogen and oxygen atoms in total. The molecule has 0 atom stereocenters. The molecule has 1 fully saturated rings. The topological polar surface area (TPSA) is 116 Å². The molecule has 3 aromatic rings. The van der Waals surface area contributed by atoms with Crippen LogP contribution in [-0.4, -0.2) is 40.4 Å². The van der Waals surface area contributed by atoms with Crippen molar-refractivity contribution in [3.8, 4) is 11.5 Å². The van der Waals surface area contributed by atoms with Crippen molar-refractivity contribution in [1.29, 1.82) is 0 Å². The van der Waals surface area contributed by atoms with E-state index in [1.165, 1.54) is 31.4 Å². The number of hydrogen-bond acceptors (Lipinski definition) is 8. The van der Waals surface area contributed by atoms with Crippen LogP contribution >= 0.6 is 11.8 Å². The molecule has 1 aliphatic heterocycles. The summed E-state index contributed by atoms with van der Waals surface area (Å²) in [5, 5.41) is 10.3. The van der Waals surface area contributed by atoms with Crippen molar-refractivity contribution in [2.75, 3.05) is 13.7 Å². The lowest BCUT2D eigenvalue weighted by molar-refractivity contribution is -0.384. The number of allylic oxidation sites excluding steroid dienone is 1. The number of ketones is 1. The van der Waals surface area contributed by atoms with Crippen LogP contribution in [0.4, 0.5) is 10.5 Å². The van der Waals surface area contributed by atoms with Gasteiger partial charge in [-0.15, -0.1) is 6.58 Å². The highest BCUT2D eigenvalue weighted by molar-refractivity contribution is 8.18. The Labute approximate surface area is 228 Å². The second kappa shape index (κ2) is 12.2. The van der Waals surface area contributed by atoms with Crippen LogP contribution in [0.2, 0.25) is 0 Å². The number of non-ortho nitro benzene ring substituents is 1. The largest absolute Gasteiger partial charge is 0.493 e. The zero-order chi connectivity index (χ0) is 27.9. The van der Waals surface area contributed by atoms with Gasteiger partial charge in [0, 0.05) is 23.3 Å². The van der Waals surface area contributed by atoms with Crippen LogP contribution in [0, 0.1) is 10.1 Å². The third-order valence-corrected chi connectivity index (χ3v) is 6.74. The molecule has 3 aromatic carbocycles. The normalized spacial score (nSPS) is 14.0. The molecule has 2 amide bonds. The van der Waals surface area contributed by atoms with Gasteiger partial charge in [-0.1, -0.05) is 36.4 Å². The summed E-state index contributed by atoms with van der Waals surface area (Å²) in [4.78, 5) is 49.5. The molecule has 1 saturated heterocycles. The van der Waals surface area contributed by atoms with E-state index in [0.29, 0.717) is 30.1 Å². The Hall–Kier alpha value is -4.70. The van der Waals surface area contributed by atoms with Crippen LogP contribution in [0.3, 0.4) is 0 Å². The molecular formula is C29H24N2O7S. The highest BCUT2D eigenvalue weighted by Gasteiger charge is 2.36. The van der Waals surface area contributed by atoms with Gasteiger partial charge in [0.25, 0.3) is 16.8 Å². The minimum absolute atomic E-state index is 0.154. The van der Waals surface area contributed by atoms with Crippen LogP contribution in [-0.2, 0) is 17.8 Å². The van der Waals surface area contributed by atoms with Gasteiger partial charge in [0.15, 0.2) is 17.3 Å². The Balaban J connectivity index is 1.54. The molecule has 0 radical (unpaired) electrons. The predicted octanol–water partition coefficient (Wildman–Crippen LogP) is 5.83. The Morgan fingerprint density at radius 1 is 1.10 bits per heavy atom. The van der Waals surface area contributed by atoms with Gasteiger partial charge < -0.3 is 9.47 Å². The molecule has 0 N–H and O–H groups in total. The Morgan fingerprint density at radius 2 is 1.82 bits per heavy atom. The smallest absolute Gasteiger partial charge is 0.293 e. The van der Waals surface area contributed by atoms with E-state index >= 15 is 0 Å². The maximum absolute atomic E-state index is 13.0. The number of nitro groups is 1. The molecule has 39 heavy (non-hydrogen) atoms. The highest BCUT2D eigenvalue weighted by Crippen LogP contribution is 2.37. The summed E-state index contributed by atoms with van der Waals surface area (Å²) in [6, 6.07) is 18.2. The quantitative estimate of drug-likeness (QED) is 0.0973. The monoisotopic (exact) mass is 544 g/mol. The summed E-state index contributed by atoms with van der Waals surface area (Å²) in [5.41, 5.74) is 2.39. The van der Waals surface area contributed by atoms with Gasteiger partial charge in [0.05, 0.1) is 23.5 Å². The third-order valence-electron chi connectivity index (χ3n) is 5.84. The molecule has 0 bridgehead atoms. The molecule has 0 aliphatic carbocycles. The maximum Gasteiger partial charge on any atom is 0.293 e. The average Bonchev–Trinajstić information content (AvgIpc) is 3.20. The number of ether oxygens (including phenoxy) is 2. The molecule has 1 heterocycles. The zero-order valence-corrected chi connectivity index (χ0v) is 21.8. The van der Waals surface area contributed by atoms with Crippen LogP contribution in [0.25, 0.3) is 6.08 Å². The van der Waals surface area contributed by atoms with Gasteiger partial charge in [0.1, 0.15) is 6.61 Å². The standard InChI is InChI=1S/C29H24N2O7S/c1-3-7-22-14-20(15-25(37-2)27(22)38-18-19-8-5-4-6-9-19)16-26-28(33)30(29(34)39-26)17-24(32)21-10-12-23(13-11-21)31(35)36/h3-6,8-16H,1,7,17-18H2,2H3/b26-16-. The van der Waals surface area contributed by atoms with Gasteiger partial charge in [-0.05, 0) is 59.7 Å². The lowest BCUT2D eigenvalue weighted by atomic mass is 10.0. The fourth-order valence-electron chi connectivity index (χ4n) is 3.91. The van der Waals surface area contributed by atoms with Crippen molar-refractivity contribution in [2.24, 2.45) is 0 Å². The second-order valence-corrected chi connectivity index (χ2v) is 9.47. The first-order valence-corrected chi connectivity index (χ1v) is 12.6. The zero-order valence-electron chi connectivity index (χ0n) is 21.0. The van der Waals surface area contributed by atoms with Crippen molar-refractivity contribution >= 4 is 40.5 Å². The summed E-state index contributed by atoms with van der Waals surface area (Å²) in [5.74, 6) is -0.0958. The fraction of sp³-hybridized carbons (Fsp3) is 0.138. The third kappa shape index (κ3) is 6.42. The van der Waals surface area contributed by atoms with E-state index in [1.54, 1.807) is 18.2 Å². The summed E-state index contributed by atoms with van der Waals surface area (Å²) < 4.78 is 11.7. The van der Waals surface area contributed by atoms with E-state index in [1.807, 2.05) is 36.4 Å². The first-order chi connectivity index (χ1) is 18.8. The first kappa shape index (κ1) is 27.3. The lowest BCUT2D eigenvalue weighted by Crippen LogP contribution is -2.33.